The highest BCUT2D eigenvalue weighted by atomic mass is 16.5. The predicted octanol–water partition coefficient (Wildman–Crippen LogP) is 3.86. The molecule has 2 aromatic rings. The van der Waals surface area contributed by atoms with Crippen LogP contribution in [0, 0.1) is 0 Å². The summed E-state index contributed by atoms with van der Waals surface area (Å²) in [6.45, 7) is 2.00. The SMILES string of the molecule is COc1cc(CCC(=O)N(C)C(C)c2ccccc2OC)cc(OC)c1. The van der Waals surface area contributed by atoms with Crippen LogP contribution in [0.15, 0.2) is 42.5 Å². The van der Waals surface area contributed by atoms with Crippen molar-refractivity contribution in [2.75, 3.05) is 28.4 Å². The largest absolute Gasteiger partial charge is 0.497 e. The first-order valence-corrected chi connectivity index (χ1v) is 8.60. The minimum Gasteiger partial charge on any atom is -0.497 e. The fraction of sp³-hybridized carbons (Fsp3) is 0.381. The predicted molar refractivity (Wildman–Crippen MR) is 102 cm³/mol. The Morgan fingerprint density at radius 3 is 2.19 bits per heavy atom. The third-order valence-electron chi connectivity index (χ3n) is 4.60. The summed E-state index contributed by atoms with van der Waals surface area (Å²) in [5.74, 6) is 2.31. The summed E-state index contributed by atoms with van der Waals surface area (Å²) < 4.78 is 16.0. The van der Waals surface area contributed by atoms with Gasteiger partial charge in [0, 0.05) is 25.1 Å². The van der Waals surface area contributed by atoms with Crippen LogP contribution in [0.4, 0.5) is 0 Å². The Morgan fingerprint density at radius 2 is 1.62 bits per heavy atom. The zero-order valence-electron chi connectivity index (χ0n) is 16.1. The van der Waals surface area contributed by atoms with Crippen LogP contribution in [0.5, 0.6) is 17.2 Å². The van der Waals surface area contributed by atoms with Crippen molar-refractivity contribution < 1.29 is 19.0 Å². The molecule has 0 spiro atoms. The summed E-state index contributed by atoms with van der Waals surface area (Å²) in [6, 6.07) is 13.4. The zero-order valence-corrected chi connectivity index (χ0v) is 16.1. The van der Waals surface area contributed by atoms with E-state index in [1.54, 1.807) is 26.2 Å². The van der Waals surface area contributed by atoms with Gasteiger partial charge in [0.05, 0.1) is 27.4 Å². The molecule has 2 rings (SSSR count). The Balaban J connectivity index is 2.05. The Bertz CT molecular complexity index is 722. The number of amides is 1. The van der Waals surface area contributed by atoms with Gasteiger partial charge in [-0.05, 0) is 37.1 Å². The molecule has 2 aromatic carbocycles. The fourth-order valence-corrected chi connectivity index (χ4v) is 2.87. The van der Waals surface area contributed by atoms with Crippen LogP contribution in [0.1, 0.15) is 30.5 Å². The van der Waals surface area contributed by atoms with Crippen molar-refractivity contribution in [1.82, 2.24) is 4.90 Å². The monoisotopic (exact) mass is 357 g/mol. The number of methoxy groups -OCH3 is 3. The topological polar surface area (TPSA) is 48.0 Å². The molecule has 1 atom stereocenters. The summed E-state index contributed by atoms with van der Waals surface area (Å²) in [5.41, 5.74) is 2.00. The lowest BCUT2D eigenvalue weighted by Crippen LogP contribution is -2.30. The molecule has 0 aliphatic carbocycles. The lowest BCUT2D eigenvalue weighted by Gasteiger charge is -2.26. The average Bonchev–Trinajstić information content (AvgIpc) is 2.70. The molecule has 0 saturated carbocycles. The maximum atomic E-state index is 12.7. The third-order valence-corrected chi connectivity index (χ3v) is 4.60. The average molecular weight is 357 g/mol. The molecule has 26 heavy (non-hydrogen) atoms. The molecule has 0 aliphatic heterocycles. The maximum Gasteiger partial charge on any atom is 0.223 e. The summed E-state index contributed by atoms with van der Waals surface area (Å²) in [5, 5.41) is 0. The summed E-state index contributed by atoms with van der Waals surface area (Å²) in [4.78, 5) is 14.4. The lowest BCUT2D eigenvalue weighted by molar-refractivity contribution is -0.131. The van der Waals surface area contributed by atoms with Gasteiger partial charge in [-0.15, -0.1) is 0 Å². The Labute approximate surface area is 155 Å². The molecule has 0 radical (unpaired) electrons. The molecule has 1 unspecified atom stereocenters. The van der Waals surface area contributed by atoms with Gasteiger partial charge in [0.2, 0.25) is 5.91 Å². The number of ether oxygens (including phenoxy) is 3. The van der Waals surface area contributed by atoms with Gasteiger partial charge in [-0.1, -0.05) is 18.2 Å². The third kappa shape index (κ3) is 4.69. The first kappa shape index (κ1) is 19.6. The number of nitrogens with zero attached hydrogens (tertiary/aromatic N) is 1. The molecular formula is C21H27NO4. The van der Waals surface area contributed by atoms with Crippen LogP contribution in [-0.4, -0.2) is 39.2 Å². The molecule has 140 valence electrons. The van der Waals surface area contributed by atoms with Crippen molar-refractivity contribution in [3.8, 4) is 17.2 Å². The number of hydrogen-bond acceptors (Lipinski definition) is 4. The van der Waals surface area contributed by atoms with E-state index in [1.165, 1.54) is 0 Å². The van der Waals surface area contributed by atoms with Gasteiger partial charge in [-0.3, -0.25) is 4.79 Å². The molecule has 5 nitrogen and oxygen atoms in total. The summed E-state index contributed by atoms with van der Waals surface area (Å²) >= 11 is 0. The van der Waals surface area contributed by atoms with Gasteiger partial charge in [-0.2, -0.15) is 0 Å². The molecule has 0 saturated heterocycles. The molecule has 1 amide bonds. The molecule has 0 bridgehead atoms. The van der Waals surface area contributed by atoms with Crippen molar-refractivity contribution in [3.63, 3.8) is 0 Å². The zero-order chi connectivity index (χ0) is 19.1. The first-order valence-electron chi connectivity index (χ1n) is 8.60. The second-order valence-electron chi connectivity index (χ2n) is 6.14. The van der Waals surface area contributed by atoms with E-state index in [9.17, 15) is 4.79 Å². The van der Waals surface area contributed by atoms with Gasteiger partial charge in [-0.25, -0.2) is 0 Å². The minimum absolute atomic E-state index is 0.0708. The molecule has 0 aromatic heterocycles. The molecular weight excluding hydrogens is 330 g/mol. The molecule has 0 fully saturated rings. The van der Waals surface area contributed by atoms with Crippen molar-refractivity contribution in [2.24, 2.45) is 0 Å². The van der Waals surface area contributed by atoms with Crippen LogP contribution in [0.2, 0.25) is 0 Å². The van der Waals surface area contributed by atoms with E-state index in [2.05, 4.69) is 0 Å². The Hall–Kier alpha value is -2.69. The number of benzene rings is 2. The van der Waals surface area contributed by atoms with Crippen LogP contribution < -0.4 is 14.2 Å². The molecule has 0 aliphatic rings. The van der Waals surface area contributed by atoms with Gasteiger partial charge >= 0.3 is 0 Å². The molecule has 0 N–H and O–H groups in total. The van der Waals surface area contributed by atoms with Crippen LogP contribution in [-0.2, 0) is 11.2 Å². The maximum absolute atomic E-state index is 12.7. The van der Waals surface area contributed by atoms with Crippen molar-refractivity contribution in [3.05, 3.63) is 53.6 Å². The number of carbonyl (C=O) groups excluding carboxylic acids is 1. The number of rotatable bonds is 8. The van der Waals surface area contributed by atoms with Crippen molar-refractivity contribution >= 4 is 5.91 Å². The van der Waals surface area contributed by atoms with E-state index in [-0.39, 0.29) is 11.9 Å². The Kier molecular flexibility index (Phi) is 6.89. The van der Waals surface area contributed by atoms with E-state index in [1.807, 2.05) is 56.4 Å². The quantitative estimate of drug-likeness (QED) is 0.720. The number of aryl methyl sites for hydroxylation is 1. The highest BCUT2D eigenvalue weighted by Gasteiger charge is 2.20. The van der Waals surface area contributed by atoms with Crippen LogP contribution >= 0.6 is 0 Å². The van der Waals surface area contributed by atoms with E-state index in [0.717, 1.165) is 28.4 Å². The highest BCUT2D eigenvalue weighted by Crippen LogP contribution is 2.29. The Morgan fingerprint density at radius 1 is 1.00 bits per heavy atom. The molecule has 0 heterocycles. The smallest absolute Gasteiger partial charge is 0.223 e. The molecule has 5 heteroatoms. The van der Waals surface area contributed by atoms with E-state index >= 15 is 0 Å². The lowest BCUT2D eigenvalue weighted by atomic mass is 10.0. The first-order chi connectivity index (χ1) is 12.5. The van der Waals surface area contributed by atoms with Gasteiger partial charge < -0.3 is 19.1 Å². The second kappa shape index (κ2) is 9.13. The summed E-state index contributed by atoms with van der Waals surface area (Å²) in [7, 11) is 6.70. The number of para-hydroxylation sites is 1. The van der Waals surface area contributed by atoms with Gasteiger partial charge in [0.1, 0.15) is 17.2 Å². The van der Waals surface area contributed by atoms with Gasteiger partial charge in [0.15, 0.2) is 0 Å². The van der Waals surface area contributed by atoms with Crippen molar-refractivity contribution in [1.29, 1.82) is 0 Å². The van der Waals surface area contributed by atoms with Crippen LogP contribution in [0.3, 0.4) is 0 Å². The normalized spacial score (nSPS) is 11.6. The van der Waals surface area contributed by atoms with Crippen molar-refractivity contribution in [2.45, 2.75) is 25.8 Å². The fourth-order valence-electron chi connectivity index (χ4n) is 2.87. The second-order valence-corrected chi connectivity index (χ2v) is 6.14. The van der Waals surface area contributed by atoms with E-state index < -0.39 is 0 Å². The van der Waals surface area contributed by atoms with E-state index in [0.29, 0.717) is 12.8 Å². The summed E-state index contributed by atoms with van der Waals surface area (Å²) in [6.07, 6.45) is 1.03. The number of hydrogen-bond donors (Lipinski definition) is 0. The standard InChI is InChI=1S/C21H27NO4/c1-15(19-8-6-7-9-20(19)26-5)22(2)21(23)11-10-16-12-17(24-3)14-18(13-16)25-4/h6-9,12-15H,10-11H2,1-5H3. The minimum atomic E-state index is -0.0708. The van der Waals surface area contributed by atoms with Crippen LogP contribution in [0.25, 0.3) is 0 Å². The highest BCUT2D eigenvalue weighted by molar-refractivity contribution is 5.76. The van der Waals surface area contributed by atoms with Gasteiger partial charge in [0.25, 0.3) is 0 Å². The van der Waals surface area contributed by atoms with E-state index in [4.69, 9.17) is 14.2 Å². The number of carbonyl (C=O) groups is 1.